The zero-order chi connectivity index (χ0) is 12.0. The zero-order valence-electron chi connectivity index (χ0n) is 10.5. The Bertz CT molecular complexity index is 538. The van der Waals surface area contributed by atoms with Crippen LogP contribution in [0.25, 0.3) is 0 Å². The monoisotopic (exact) mass is 303 g/mol. The van der Waals surface area contributed by atoms with Gasteiger partial charge in [0.15, 0.2) is 0 Å². The van der Waals surface area contributed by atoms with Gasteiger partial charge in [0.25, 0.3) is 0 Å². The van der Waals surface area contributed by atoms with Crippen LogP contribution in [0.2, 0.25) is 0 Å². The number of hydrogen-bond acceptors (Lipinski definition) is 1. The summed E-state index contributed by atoms with van der Waals surface area (Å²) in [6.07, 6.45) is 6.09. The Labute approximate surface area is 116 Å². The Kier molecular flexibility index (Phi) is 1.76. The summed E-state index contributed by atoms with van der Waals surface area (Å²) in [7, 11) is 0. The second-order valence-electron chi connectivity index (χ2n) is 7.03. The lowest BCUT2D eigenvalue weighted by atomic mass is 9.60. The van der Waals surface area contributed by atoms with Crippen LogP contribution < -0.4 is 5.32 Å². The molecule has 1 nitrogen and oxygen atoms in total. The summed E-state index contributed by atoms with van der Waals surface area (Å²) < 4.78 is 1.20. The van der Waals surface area contributed by atoms with Gasteiger partial charge in [0.05, 0.1) is 0 Å². The highest BCUT2D eigenvalue weighted by atomic mass is 79.9. The van der Waals surface area contributed by atoms with Gasteiger partial charge in [-0.15, -0.1) is 0 Å². The van der Waals surface area contributed by atoms with Gasteiger partial charge in [-0.05, 0) is 66.5 Å². The highest BCUT2D eigenvalue weighted by Gasteiger charge is 2.86. The van der Waals surface area contributed by atoms with Crippen LogP contribution in [0, 0.1) is 23.2 Å². The molecule has 5 atom stereocenters. The van der Waals surface area contributed by atoms with E-state index in [1.165, 1.54) is 29.3 Å². The van der Waals surface area contributed by atoms with Crippen molar-refractivity contribution < 1.29 is 0 Å². The molecule has 18 heavy (non-hydrogen) atoms. The van der Waals surface area contributed by atoms with E-state index in [-0.39, 0.29) is 0 Å². The van der Waals surface area contributed by atoms with E-state index in [9.17, 15) is 0 Å². The lowest BCUT2D eigenvalue weighted by Crippen LogP contribution is -2.49. The van der Waals surface area contributed by atoms with Gasteiger partial charge in [-0.3, -0.25) is 0 Å². The first kappa shape index (κ1) is 10.4. The van der Waals surface area contributed by atoms with Crippen LogP contribution in [0.4, 0.5) is 0 Å². The van der Waals surface area contributed by atoms with E-state index in [0.717, 1.165) is 29.7 Å². The molecule has 0 aromatic heterocycles. The summed E-state index contributed by atoms with van der Waals surface area (Å²) in [6.45, 7) is 1.05. The fourth-order valence-electron chi connectivity index (χ4n) is 5.90. The van der Waals surface area contributed by atoms with E-state index >= 15 is 0 Å². The summed E-state index contributed by atoms with van der Waals surface area (Å²) in [6, 6.07) is 8.73. The molecule has 1 aromatic rings. The van der Waals surface area contributed by atoms with Gasteiger partial charge in [0.2, 0.25) is 0 Å². The Hall–Kier alpha value is -0.340. The predicted molar refractivity (Wildman–Crippen MR) is 75.1 cm³/mol. The molecule has 0 amide bonds. The first-order valence-electron chi connectivity index (χ1n) is 7.23. The molecule has 5 unspecified atom stereocenters. The summed E-state index contributed by atoms with van der Waals surface area (Å²) in [5, 5.41) is 3.96. The Balaban J connectivity index is 1.37. The van der Waals surface area contributed by atoms with Crippen LogP contribution in [0.15, 0.2) is 28.7 Å². The molecular weight excluding hydrogens is 286 g/mol. The van der Waals surface area contributed by atoms with E-state index in [4.69, 9.17) is 0 Å². The molecule has 4 aliphatic carbocycles. The molecule has 0 radical (unpaired) electrons. The maximum Gasteiger partial charge on any atom is 0.0278 e. The molecular formula is C16H18BrN. The van der Waals surface area contributed by atoms with E-state index < -0.39 is 0 Å². The molecule has 1 aromatic carbocycles. The van der Waals surface area contributed by atoms with E-state index in [1.54, 1.807) is 6.42 Å². The number of hydrogen-bond donors (Lipinski definition) is 1. The predicted octanol–water partition coefficient (Wildman–Crippen LogP) is 3.73. The molecule has 5 rings (SSSR count). The van der Waals surface area contributed by atoms with Crippen molar-refractivity contribution in [3.63, 3.8) is 0 Å². The second-order valence-corrected chi connectivity index (χ2v) is 7.94. The minimum absolute atomic E-state index is 0.564. The van der Waals surface area contributed by atoms with Gasteiger partial charge in [-0.1, -0.05) is 28.1 Å². The number of halogens is 1. The maximum atomic E-state index is 3.96. The van der Waals surface area contributed by atoms with E-state index in [1.807, 2.05) is 0 Å². The van der Waals surface area contributed by atoms with Crippen molar-refractivity contribution in [2.45, 2.75) is 37.8 Å². The fourth-order valence-corrected chi connectivity index (χ4v) is 6.35. The minimum Gasteiger partial charge on any atom is -0.306 e. The van der Waals surface area contributed by atoms with Gasteiger partial charge in [0.1, 0.15) is 0 Å². The SMILES string of the molecule is Brc1cccc(CNC23CC24CC2CC3CC24)c1. The fraction of sp³-hybridized carbons (Fsp3) is 0.625. The first-order chi connectivity index (χ1) is 8.73. The van der Waals surface area contributed by atoms with Crippen LogP contribution in [0.1, 0.15) is 31.2 Å². The zero-order valence-corrected chi connectivity index (χ0v) is 12.0. The quantitative estimate of drug-likeness (QED) is 0.897. The molecule has 4 fully saturated rings. The molecule has 94 valence electrons. The Morgan fingerprint density at radius 2 is 2.28 bits per heavy atom. The molecule has 4 saturated carbocycles. The van der Waals surface area contributed by atoms with Crippen molar-refractivity contribution in [1.82, 2.24) is 5.32 Å². The number of benzene rings is 1. The third-order valence-electron chi connectivity index (χ3n) is 6.58. The maximum absolute atomic E-state index is 3.96. The Morgan fingerprint density at radius 1 is 1.33 bits per heavy atom. The van der Waals surface area contributed by atoms with Gasteiger partial charge in [0, 0.05) is 16.6 Å². The van der Waals surface area contributed by atoms with Crippen molar-refractivity contribution in [1.29, 1.82) is 0 Å². The van der Waals surface area contributed by atoms with Gasteiger partial charge in [-0.2, -0.15) is 0 Å². The van der Waals surface area contributed by atoms with Crippen molar-refractivity contribution in [3.05, 3.63) is 34.3 Å². The Morgan fingerprint density at radius 3 is 3.06 bits per heavy atom. The van der Waals surface area contributed by atoms with Crippen LogP contribution in [-0.2, 0) is 6.54 Å². The van der Waals surface area contributed by atoms with E-state index in [2.05, 4.69) is 45.5 Å². The van der Waals surface area contributed by atoms with Crippen LogP contribution >= 0.6 is 15.9 Å². The van der Waals surface area contributed by atoms with Gasteiger partial charge < -0.3 is 5.32 Å². The van der Waals surface area contributed by atoms with Crippen LogP contribution in [0.3, 0.4) is 0 Å². The highest BCUT2D eigenvalue weighted by Crippen LogP contribution is 2.87. The van der Waals surface area contributed by atoms with Crippen molar-refractivity contribution in [2.24, 2.45) is 23.2 Å². The summed E-state index contributed by atoms with van der Waals surface area (Å²) in [5.74, 6) is 3.24. The summed E-state index contributed by atoms with van der Waals surface area (Å²) in [4.78, 5) is 0. The largest absolute Gasteiger partial charge is 0.306 e. The lowest BCUT2D eigenvalue weighted by Gasteiger charge is -2.46. The smallest absolute Gasteiger partial charge is 0.0278 e. The van der Waals surface area contributed by atoms with Crippen LogP contribution in [0.5, 0.6) is 0 Å². The van der Waals surface area contributed by atoms with Crippen molar-refractivity contribution in [3.8, 4) is 0 Å². The minimum atomic E-state index is 0.564. The number of rotatable bonds is 3. The lowest BCUT2D eigenvalue weighted by molar-refractivity contribution is 0.0375. The molecule has 2 heteroatoms. The molecule has 0 saturated heterocycles. The third kappa shape index (κ3) is 1.01. The summed E-state index contributed by atoms with van der Waals surface area (Å²) >= 11 is 3.56. The highest BCUT2D eigenvalue weighted by molar-refractivity contribution is 9.10. The molecule has 2 bridgehead atoms. The second kappa shape index (κ2) is 3.04. The standard InChI is InChI=1S/C16H18BrN/c17-13-3-1-2-10(4-13)8-18-16-9-15(16)7-11-5-12(16)6-14(11)15/h1-4,11-12,14,18H,5-9H2. The normalized spacial score (nSPS) is 49.9. The molecule has 4 aliphatic rings. The van der Waals surface area contributed by atoms with Crippen molar-refractivity contribution >= 4 is 15.9 Å². The van der Waals surface area contributed by atoms with Crippen molar-refractivity contribution in [2.75, 3.05) is 0 Å². The topological polar surface area (TPSA) is 12.0 Å². The first-order valence-corrected chi connectivity index (χ1v) is 8.02. The average molecular weight is 304 g/mol. The molecule has 1 N–H and O–H groups in total. The van der Waals surface area contributed by atoms with Gasteiger partial charge >= 0.3 is 0 Å². The van der Waals surface area contributed by atoms with Gasteiger partial charge in [-0.25, -0.2) is 0 Å². The molecule has 0 aliphatic heterocycles. The third-order valence-corrected chi connectivity index (χ3v) is 7.08. The number of nitrogens with one attached hydrogen (secondary N) is 1. The molecule has 1 spiro atoms. The molecule has 0 heterocycles. The summed E-state index contributed by atoms with van der Waals surface area (Å²) in [5.41, 5.74) is 2.75. The van der Waals surface area contributed by atoms with Crippen LogP contribution in [-0.4, -0.2) is 5.54 Å². The average Bonchev–Trinajstić information content (AvgIpc) is 2.92. The van der Waals surface area contributed by atoms with E-state index in [0.29, 0.717) is 5.54 Å². The number of fused-ring (bicyclic) bond motifs is 2.